The molecule has 2 aromatic rings. The summed E-state index contributed by atoms with van der Waals surface area (Å²) >= 11 is 12.0. The Morgan fingerprint density at radius 3 is 2.83 bits per heavy atom. The zero-order valence-corrected chi connectivity index (χ0v) is 13.9. The third-order valence-corrected chi connectivity index (χ3v) is 4.08. The molecule has 0 aliphatic heterocycles. The molecule has 120 valence electrons. The molecule has 23 heavy (non-hydrogen) atoms. The fourth-order valence-electron chi connectivity index (χ4n) is 2.09. The SMILES string of the molecule is O=C(NCCc1ccc(Cl)cc1Cl)c1ccnc(NC2CC2)n1. The third kappa shape index (κ3) is 4.56. The molecule has 0 bridgehead atoms. The number of rotatable bonds is 6. The first-order chi connectivity index (χ1) is 11.1. The molecule has 0 unspecified atom stereocenters. The summed E-state index contributed by atoms with van der Waals surface area (Å²) in [6, 6.07) is 7.38. The first-order valence-corrected chi connectivity index (χ1v) is 8.19. The Kier molecular flexibility index (Phi) is 4.98. The Labute approximate surface area is 144 Å². The Morgan fingerprint density at radius 2 is 2.09 bits per heavy atom. The normalized spacial score (nSPS) is 13.7. The fraction of sp³-hybridized carbons (Fsp3) is 0.312. The number of carbonyl (C=O) groups excluding carboxylic acids is 1. The highest BCUT2D eigenvalue weighted by Gasteiger charge is 2.22. The molecule has 7 heteroatoms. The van der Waals surface area contributed by atoms with Crippen LogP contribution in [0.5, 0.6) is 0 Å². The van der Waals surface area contributed by atoms with Gasteiger partial charge in [-0.1, -0.05) is 29.3 Å². The van der Waals surface area contributed by atoms with E-state index in [2.05, 4.69) is 20.6 Å². The molecule has 1 heterocycles. The minimum atomic E-state index is -0.226. The van der Waals surface area contributed by atoms with E-state index in [0.29, 0.717) is 40.7 Å². The zero-order chi connectivity index (χ0) is 16.2. The number of nitrogens with one attached hydrogen (secondary N) is 2. The number of benzene rings is 1. The Morgan fingerprint density at radius 1 is 1.26 bits per heavy atom. The average Bonchev–Trinajstić information content (AvgIpc) is 3.33. The van der Waals surface area contributed by atoms with E-state index < -0.39 is 0 Å². The van der Waals surface area contributed by atoms with E-state index in [1.165, 1.54) is 0 Å². The van der Waals surface area contributed by atoms with Crippen LogP contribution in [0.2, 0.25) is 10.0 Å². The molecule has 1 fully saturated rings. The maximum Gasteiger partial charge on any atom is 0.270 e. The standard InChI is InChI=1S/C16H16Cl2N4O/c17-11-2-1-10(13(18)9-11)5-7-19-15(23)14-6-8-20-16(22-14)21-12-3-4-12/h1-2,6,8-9,12H,3-5,7H2,(H,19,23)(H,20,21,22). The number of hydrogen-bond acceptors (Lipinski definition) is 4. The van der Waals surface area contributed by atoms with E-state index in [1.807, 2.05) is 6.07 Å². The van der Waals surface area contributed by atoms with Gasteiger partial charge in [-0.3, -0.25) is 4.79 Å². The van der Waals surface area contributed by atoms with E-state index in [0.717, 1.165) is 18.4 Å². The summed E-state index contributed by atoms with van der Waals surface area (Å²) in [5.41, 5.74) is 1.29. The topological polar surface area (TPSA) is 66.9 Å². The van der Waals surface area contributed by atoms with E-state index in [1.54, 1.807) is 24.4 Å². The lowest BCUT2D eigenvalue weighted by Crippen LogP contribution is -2.27. The van der Waals surface area contributed by atoms with Crippen LogP contribution >= 0.6 is 23.2 Å². The number of anilines is 1. The molecule has 2 N–H and O–H groups in total. The van der Waals surface area contributed by atoms with Crippen LogP contribution in [0.25, 0.3) is 0 Å². The van der Waals surface area contributed by atoms with Crippen LogP contribution in [-0.2, 0) is 6.42 Å². The maximum atomic E-state index is 12.1. The summed E-state index contributed by atoms with van der Waals surface area (Å²) in [5.74, 6) is 0.275. The average molecular weight is 351 g/mol. The summed E-state index contributed by atoms with van der Waals surface area (Å²) in [4.78, 5) is 20.5. The lowest BCUT2D eigenvalue weighted by molar-refractivity contribution is 0.0949. The highest BCUT2D eigenvalue weighted by atomic mass is 35.5. The quantitative estimate of drug-likeness (QED) is 0.838. The summed E-state index contributed by atoms with van der Waals surface area (Å²) in [6.45, 7) is 0.468. The summed E-state index contributed by atoms with van der Waals surface area (Å²) in [5, 5.41) is 7.21. The molecule has 3 rings (SSSR count). The molecule has 0 spiro atoms. The molecule has 1 aromatic heterocycles. The number of nitrogens with zero attached hydrogens (tertiary/aromatic N) is 2. The van der Waals surface area contributed by atoms with E-state index in [9.17, 15) is 4.79 Å². The maximum absolute atomic E-state index is 12.1. The smallest absolute Gasteiger partial charge is 0.270 e. The minimum Gasteiger partial charge on any atom is -0.351 e. The van der Waals surface area contributed by atoms with Crippen LogP contribution in [-0.4, -0.2) is 28.5 Å². The van der Waals surface area contributed by atoms with Gasteiger partial charge in [0.15, 0.2) is 0 Å². The lowest BCUT2D eigenvalue weighted by Gasteiger charge is -2.08. The monoisotopic (exact) mass is 350 g/mol. The summed E-state index contributed by atoms with van der Waals surface area (Å²) in [6.07, 6.45) is 4.46. The largest absolute Gasteiger partial charge is 0.351 e. The zero-order valence-electron chi connectivity index (χ0n) is 12.4. The molecular formula is C16H16Cl2N4O. The van der Waals surface area contributed by atoms with Gasteiger partial charge in [0.2, 0.25) is 5.95 Å². The van der Waals surface area contributed by atoms with Crippen molar-refractivity contribution < 1.29 is 4.79 Å². The van der Waals surface area contributed by atoms with Crippen LogP contribution in [0.1, 0.15) is 28.9 Å². The van der Waals surface area contributed by atoms with Crippen LogP contribution < -0.4 is 10.6 Å². The van der Waals surface area contributed by atoms with Gasteiger partial charge in [0.05, 0.1) is 0 Å². The van der Waals surface area contributed by atoms with Crippen LogP contribution in [0.15, 0.2) is 30.5 Å². The third-order valence-electron chi connectivity index (χ3n) is 3.49. The van der Waals surface area contributed by atoms with Crippen molar-refractivity contribution in [3.05, 3.63) is 51.8 Å². The molecule has 0 saturated heterocycles. The number of carbonyl (C=O) groups is 1. The molecule has 1 amide bonds. The van der Waals surface area contributed by atoms with Crippen molar-refractivity contribution in [3.8, 4) is 0 Å². The van der Waals surface area contributed by atoms with E-state index in [-0.39, 0.29) is 5.91 Å². The van der Waals surface area contributed by atoms with Gasteiger partial charge in [-0.15, -0.1) is 0 Å². The van der Waals surface area contributed by atoms with Crippen LogP contribution in [0, 0.1) is 0 Å². The van der Waals surface area contributed by atoms with Crippen LogP contribution in [0.4, 0.5) is 5.95 Å². The van der Waals surface area contributed by atoms with Gasteiger partial charge >= 0.3 is 0 Å². The van der Waals surface area contributed by atoms with Crippen molar-refractivity contribution in [2.24, 2.45) is 0 Å². The van der Waals surface area contributed by atoms with Gasteiger partial charge in [-0.2, -0.15) is 0 Å². The van der Waals surface area contributed by atoms with Crippen molar-refractivity contribution in [1.29, 1.82) is 0 Å². The molecule has 0 radical (unpaired) electrons. The second kappa shape index (κ2) is 7.15. The van der Waals surface area contributed by atoms with Crippen molar-refractivity contribution in [3.63, 3.8) is 0 Å². The second-order valence-corrected chi connectivity index (χ2v) is 6.27. The molecule has 1 aromatic carbocycles. The van der Waals surface area contributed by atoms with Gasteiger partial charge in [0.1, 0.15) is 5.69 Å². The molecule has 1 saturated carbocycles. The van der Waals surface area contributed by atoms with Gasteiger partial charge in [-0.25, -0.2) is 9.97 Å². The predicted octanol–water partition coefficient (Wildman–Crippen LogP) is 3.33. The molecule has 1 aliphatic rings. The lowest BCUT2D eigenvalue weighted by atomic mass is 10.1. The van der Waals surface area contributed by atoms with Gasteiger partial charge in [0, 0.05) is 28.8 Å². The molecule has 5 nitrogen and oxygen atoms in total. The number of aromatic nitrogens is 2. The first kappa shape index (κ1) is 16.0. The van der Waals surface area contributed by atoms with Crippen molar-refractivity contribution >= 4 is 35.1 Å². The first-order valence-electron chi connectivity index (χ1n) is 7.43. The summed E-state index contributed by atoms with van der Waals surface area (Å²) < 4.78 is 0. The van der Waals surface area contributed by atoms with Gasteiger partial charge in [0.25, 0.3) is 5.91 Å². The van der Waals surface area contributed by atoms with Gasteiger partial charge in [-0.05, 0) is 43.0 Å². The van der Waals surface area contributed by atoms with Crippen molar-refractivity contribution in [2.45, 2.75) is 25.3 Å². The van der Waals surface area contributed by atoms with Crippen molar-refractivity contribution in [1.82, 2.24) is 15.3 Å². The van der Waals surface area contributed by atoms with Gasteiger partial charge < -0.3 is 10.6 Å². The molecule has 0 atom stereocenters. The van der Waals surface area contributed by atoms with E-state index >= 15 is 0 Å². The highest BCUT2D eigenvalue weighted by Crippen LogP contribution is 2.23. The number of hydrogen-bond donors (Lipinski definition) is 2. The van der Waals surface area contributed by atoms with E-state index in [4.69, 9.17) is 23.2 Å². The second-order valence-electron chi connectivity index (χ2n) is 5.43. The fourth-order valence-corrected chi connectivity index (χ4v) is 2.59. The Balaban J connectivity index is 1.54. The number of amides is 1. The highest BCUT2D eigenvalue weighted by molar-refractivity contribution is 6.35. The minimum absolute atomic E-state index is 0.226. The van der Waals surface area contributed by atoms with Crippen molar-refractivity contribution in [2.75, 3.05) is 11.9 Å². The molecule has 1 aliphatic carbocycles. The number of halogens is 2. The Hall–Kier alpha value is -1.85. The predicted molar refractivity (Wildman–Crippen MR) is 91.2 cm³/mol. The van der Waals surface area contributed by atoms with Crippen LogP contribution in [0.3, 0.4) is 0 Å². The summed E-state index contributed by atoms with van der Waals surface area (Å²) in [7, 11) is 0. The molecular weight excluding hydrogens is 335 g/mol. The Bertz CT molecular complexity index is 719.